The molecule has 0 unspecified atom stereocenters. The second-order valence-corrected chi connectivity index (χ2v) is 5.08. The molecule has 0 aromatic carbocycles. The Hall–Kier alpha value is -0.200. The van der Waals surface area contributed by atoms with Gasteiger partial charge in [-0.25, -0.2) is 0 Å². The molecule has 1 saturated carbocycles. The van der Waals surface area contributed by atoms with Gasteiger partial charge in [0.2, 0.25) is 0 Å². The topological polar surface area (TPSA) is 68.2 Å². The average Bonchev–Trinajstić information content (AvgIpc) is 2.65. The van der Waals surface area contributed by atoms with Crippen LogP contribution in [0.4, 0.5) is 0 Å². The molecule has 1 aliphatic carbocycles. The van der Waals surface area contributed by atoms with Crippen molar-refractivity contribution in [3.8, 4) is 0 Å². The molecular formula is C10H16O5. The molecule has 3 fully saturated rings. The highest BCUT2D eigenvalue weighted by molar-refractivity contribution is 5.11. The molecular weight excluding hydrogens is 200 g/mol. The third kappa shape index (κ3) is 1.21. The summed E-state index contributed by atoms with van der Waals surface area (Å²) in [6, 6.07) is 0. The summed E-state index contributed by atoms with van der Waals surface area (Å²) >= 11 is 0. The van der Waals surface area contributed by atoms with Crippen LogP contribution in [0.3, 0.4) is 0 Å². The molecule has 2 heterocycles. The second-order valence-electron chi connectivity index (χ2n) is 5.08. The number of aliphatic hydroxyl groups excluding tert-OH is 1. The van der Waals surface area contributed by atoms with Gasteiger partial charge in [-0.05, 0) is 26.7 Å². The van der Waals surface area contributed by atoms with E-state index in [-0.39, 0.29) is 0 Å². The lowest BCUT2D eigenvalue weighted by Crippen LogP contribution is -2.47. The number of aliphatic hydroxyl groups is 2. The van der Waals surface area contributed by atoms with Crippen molar-refractivity contribution < 1.29 is 24.4 Å². The van der Waals surface area contributed by atoms with E-state index in [1.807, 2.05) is 0 Å². The molecule has 5 nitrogen and oxygen atoms in total. The van der Waals surface area contributed by atoms with E-state index in [4.69, 9.17) is 14.2 Å². The van der Waals surface area contributed by atoms with Gasteiger partial charge in [0.1, 0.15) is 17.8 Å². The van der Waals surface area contributed by atoms with Crippen LogP contribution in [0, 0.1) is 0 Å². The first-order valence-corrected chi connectivity index (χ1v) is 5.34. The van der Waals surface area contributed by atoms with Gasteiger partial charge in [0.05, 0.1) is 6.10 Å². The fraction of sp³-hybridized carbons (Fsp3) is 1.00. The molecule has 2 N–H and O–H groups in total. The zero-order valence-corrected chi connectivity index (χ0v) is 8.84. The number of ether oxygens (including phenoxy) is 3. The fourth-order valence-corrected chi connectivity index (χ4v) is 2.83. The van der Waals surface area contributed by atoms with Crippen molar-refractivity contribution in [3.63, 3.8) is 0 Å². The minimum absolute atomic E-state index is 0.477. The normalized spacial score (nSPS) is 56.8. The van der Waals surface area contributed by atoms with Gasteiger partial charge < -0.3 is 24.4 Å². The summed E-state index contributed by atoms with van der Waals surface area (Å²) in [4.78, 5) is 0. The quantitative estimate of drug-likeness (QED) is 0.584. The van der Waals surface area contributed by atoms with E-state index in [0.29, 0.717) is 12.8 Å². The highest BCUT2D eigenvalue weighted by atomic mass is 16.8. The smallest absolute Gasteiger partial charge is 0.190 e. The van der Waals surface area contributed by atoms with Crippen LogP contribution >= 0.6 is 0 Å². The maximum Gasteiger partial charge on any atom is 0.190 e. The largest absolute Gasteiger partial charge is 0.390 e. The van der Waals surface area contributed by atoms with Crippen molar-refractivity contribution in [1.82, 2.24) is 0 Å². The van der Waals surface area contributed by atoms with E-state index < -0.39 is 36.0 Å². The standard InChI is InChI=1S/C10H16O5/c1-9(2)14-7-8(15-9)13-6-5(11)3-4-10(6,7)12/h5-8,11-12H,3-4H2,1-2H3/t5-,6-,7+,8-,10-/m1/s1. The predicted octanol–water partition coefficient (Wildman–Crippen LogP) is -0.251. The van der Waals surface area contributed by atoms with Gasteiger partial charge in [-0.2, -0.15) is 0 Å². The predicted molar refractivity (Wildman–Crippen MR) is 48.9 cm³/mol. The molecule has 0 radical (unpaired) electrons. The molecule has 0 aromatic heterocycles. The Morgan fingerprint density at radius 2 is 1.93 bits per heavy atom. The van der Waals surface area contributed by atoms with Gasteiger partial charge in [0.25, 0.3) is 0 Å². The van der Waals surface area contributed by atoms with E-state index in [1.165, 1.54) is 0 Å². The van der Waals surface area contributed by atoms with Crippen molar-refractivity contribution >= 4 is 0 Å². The minimum atomic E-state index is -1.09. The Labute approximate surface area is 87.9 Å². The molecule has 2 saturated heterocycles. The first kappa shape index (κ1) is 9.99. The van der Waals surface area contributed by atoms with Crippen molar-refractivity contribution in [3.05, 3.63) is 0 Å². The number of fused-ring (bicyclic) bond motifs is 3. The molecule has 3 rings (SSSR count). The van der Waals surface area contributed by atoms with Gasteiger partial charge in [0, 0.05) is 0 Å². The van der Waals surface area contributed by atoms with E-state index >= 15 is 0 Å². The van der Waals surface area contributed by atoms with Crippen LogP contribution in [-0.2, 0) is 14.2 Å². The molecule has 2 aliphatic heterocycles. The van der Waals surface area contributed by atoms with Crippen LogP contribution in [0.1, 0.15) is 26.7 Å². The molecule has 5 atom stereocenters. The van der Waals surface area contributed by atoms with E-state index in [1.54, 1.807) is 13.8 Å². The van der Waals surface area contributed by atoms with Crippen LogP contribution in [-0.4, -0.2) is 46.2 Å². The lowest BCUT2D eigenvalue weighted by atomic mass is 9.95. The van der Waals surface area contributed by atoms with Gasteiger partial charge in [0.15, 0.2) is 12.1 Å². The van der Waals surface area contributed by atoms with E-state index in [9.17, 15) is 10.2 Å². The average molecular weight is 216 g/mol. The van der Waals surface area contributed by atoms with E-state index in [0.717, 1.165) is 0 Å². The van der Waals surface area contributed by atoms with Crippen molar-refractivity contribution in [2.45, 2.75) is 62.7 Å². The highest BCUT2D eigenvalue weighted by Crippen LogP contribution is 2.49. The van der Waals surface area contributed by atoms with Crippen LogP contribution in [0.15, 0.2) is 0 Å². The number of rotatable bonds is 0. The third-order valence-electron chi connectivity index (χ3n) is 3.51. The Morgan fingerprint density at radius 3 is 2.67 bits per heavy atom. The maximum absolute atomic E-state index is 10.4. The molecule has 3 aliphatic rings. The third-order valence-corrected chi connectivity index (χ3v) is 3.51. The molecule has 15 heavy (non-hydrogen) atoms. The first-order chi connectivity index (χ1) is 6.92. The maximum atomic E-state index is 10.4. The molecule has 0 amide bonds. The molecule has 0 aromatic rings. The molecule has 0 spiro atoms. The van der Waals surface area contributed by atoms with Crippen molar-refractivity contribution in [2.24, 2.45) is 0 Å². The fourth-order valence-electron chi connectivity index (χ4n) is 2.83. The Morgan fingerprint density at radius 1 is 1.20 bits per heavy atom. The number of hydrogen-bond donors (Lipinski definition) is 2. The zero-order chi connectivity index (χ0) is 10.8. The Balaban J connectivity index is 1.89. The summed E-state index contributed by atoms with van der Waals surface area (Å²) < 4.78 is 16.6. The highest BCUT2D eigenvalue weighted by Gasteiger charge is 2.66. The Bertz CT molecular complexity index is 292. The zero-order valence-electron chi connectivity index (χ0n) is 8.84. The van der Waals surface area contributed by atoms with Crippen LogP contribution in [0.5, 0.6) is 0 Å². The summed E-state index contributed by atoms with van der Waals surface area (Å²) in [5, 5.41) is 20.1. The molecule has 0 bridgehead atoms. The summed E-state index contributed by atoms with van der Waals surface area (Å²) in [5.74, 6) is -0.719. The molecule has 86 valence electrons. The monoisotopic (exact) mass is 216 g/mol. The summed E-state index contributed by atoms with van der Waals surface area (Å²) in [5.41, 5.74) is -1.09. The van der Waals surface area contributed by atoms with Crippen molar-refractivity contribution in [2.75, 3.05) is 0 Å². The van der Waals surface area contributed by atoms with Gasteiger partial charge in [-0.15, -0.1) is 0 Å². The Kier molecular flexibility index (Phi) is 1.81. The summed E-state index contributed by atoms with van der Waals surface area (Å²) in [6.07, 6.45) is -1.16. The minimum Gasteiger partial charge on any atom is -0.390 e. The van der Waals surface area contributed by atoms with Crippen LogP contribution < -0.4 is 0 Å². The van der Waals surface area contributed by atoms with Crippen LogP contribution in [0.2, 0.25) is 0 Å². The second kappa shape index (κ2) is 2.73. The summed E-state index contributed by atoms with van der Waals surface area (Å²) in [6.45, 7) is 3.58. The van der Waals surface area contributed by atoms with Gasteiger partial charge >= 0.3 is 0 Å². The van der Waals surface area contributed by atoms with Gasteiger partial charge in [-0.3, -0.25) is 0 Å². The SMILES string of the molecule is CC1(C)O[C@H]2O[C@@H]3[C@H](O)CC[C@]3(O)[C@H]2O1. The number of hydrogen-bond acceptors (Lipinski definition) is 5. The molecule has 5 heteroatoms. The van der Waals surface area contributed by atoms with Gasteiger partial charge in [-0.1, -0.05) is 0 Å². The van der Waals surface area contributed by atoms with E-state index in [2.05, 4.69) is 0 Å². The first-order valence-electron chi connectivity index (χ1n) is 5.34. The lowest BCUT2D eigenvalue weighted by Gasteiger charge is -2.28. The van der Waals surface area contributed by atoms with Crippen LogP contribution in [0.25, 0.3) is 0 Å². The van der Waals surface area contributed by atoms with Crippen molar-refractivity contribution in [1.29, 1.82) is 0 Å². The summed E-state index contributed by atoms with van der Waals surface area (Å²) in [7, 11) is 0. The lowest BCUT2D eigenvalue weighted by molar-refractivity contribution is -0.232.